The Morgan fingerprint density at radius 2 is 2.13 bits per heavy atom. The lowest BCUT2D eigenvalue weighted by Gasteiger charge is -2.28. The van der Waals surface area contributed by atoms with Gasteiger partial charge in [0.05, 0.1) is 17.5 Å². The normalized spacial score (nSPS) is 22.0. The number of pyridine rings is 1. The average molecular weight is 438 g/mol. The molecule has 0 spiro atoms. The van der Waals surface area contributed by atoms with Gasteiger partial charge in [0.2, 0.25) is 10.0 Å². The lowest BCUT2D eigenvalue weighted by molar-refractivity contribution is -0.119. The molecular weight excluding hydrogens is 410 g/mol. The lowest BCUT2D eigenvalue weighted by Crippen LogP contribution is -2.38. The molecule has 0 amide bonds. The number of allylic oxidation sites excluding steroid dienone is 1. The molecule has 2 saturated carbocycles. The second-order valence-electron chi connectivity index (χ2n) is 9.47. The first kappa shape index (κ1) is 20.6. The van der Waals surface area contributed by atoms with E-state index in [1.165, 1.54) is 0 Å². The van der Waals surface area contributed by atoms with Crippen LogP contribution in [0.5, 0.6) is 0 Å². The van der Waals surface area contributed by atoms with E-state index in [1.807, 2.05) is 12.1 Å². The fourth-order valence-corrected chi connectivity index (χ4v) is 6.74. The molecule has 0 saturated heterocycles. The fourth-order valence-electron chi connectivity index (χ4n) is 4.72. The Bertz CT molecular complexity index is 1140. The second kappa shape index (κ2) is 7.68. The summed E-state index contributed by atoms with van der Waals surface area (Å²) in [5.74, 6) is 0.586. The van der Waals surface area contributed by atoms with Crippen molar-refractivity contribution in [1.29, 1.82) is 5.26 Å². The number of ketones is 1. The third-order valence-corrected chi connectivity index (χ3v) is 9.08. The Morgan fingerprint density at radius 1 is 1.32 bits per heavy atom. The number of Topliss-reactive ketones (excluding diaryl/α,β-unsaturated/α-hetero) is 1. The highest BCUT2D eigenvalue weighted by Crippen LogP contribution is 2.50. The monoisotopic (exact) mass is 437 g/mol. The summed E-state index contributed by atoms with van der Waals surface area (Å²) in [6.45, 7) is 0.811. The molecule has 2 fully saturated rings. The third-order valence-electron chi connectivity index (χ3n) is 6.99. The van der Waals surface area contributed by atoms with Crippen LogP contribution in [0, 0.1) is 22.7 Å². The minimum atomic E-state index is -3.38. The molecule has 1 aromatic heterocycles. The molecule has 0 N–H and O–H groups in total. The van der Waals surface area contributed by atoms with Crippen LogP contribution in [-0.4, -0.2) is 42.3 Å². The molecule has 1 aliphatic heterocycles. The molecule has 4 aliphatic rings. The van der Waals surface area contributed by atoms with Crippen LogP contribution in [0.4, 0.5) is 0 Å². The number of fused-ring (bicyclic) bond motifs is 1. The van der Waals surface area contributed by atoms with Gasteiger partial charge in [-0.1, -0.05) is 18.2 Å². The molecule has 6 nitrogen and oxygen atoms in total. The van der Waals surface area contributed by atoms with Gasteiger partial charge >= 0.3 is 0 Å². The summed E-state index contributed by atoms with van der Waals surface area (Å²) in [5.41, 5.74) is 4.86. The van der Waals surface area contributed by atoms with Gasteiger partial charge in [0.1, 0.15) is 5.78 Å². The average Bonchev–Trinajstić information content (AvgIpc) is 3.67. The Morgan fingerprint density at radius 3 is 2.77 bits per heavy atom. The van der Waals surface area contributed by atoms with Crippen LogP contribution in [-0.2, 0) is 27.7 Å². The predicted molar refractivity (Wildman–Crippen MR) is 118 cm³/mol. The van der Waals surface area contributed by atoms with Crippen LogP contribution in [0.15, 0.2) is 18.2 Å². The van der Waals surface area contributed by atoms with E-state index in [1.54, 1.807) is 4.31 Å². The van der Waals surface area contributed by atoms with Gasteiger partial charge in [0.25, 0.3) is 0 Å². The molecule has 2 heterocycles. The molecule has 31 heavy (non-hydrogen) atoms. The summed E-state index contributed by atoms with van der Waals surface area (Å²) >= 11 is 0. The molecule has 1 aromatic rings. The number of carbonyl (C=O) groups is 1. The van der Waals surface area contributed by atoms with Gasteiger partial charge in [0, 0.05) is 49.5 Å². The lowest BCUT2D eigenvalue weighted by atomic mass is 9.94. The van der Waals surface area contributed by atoms with Gasteiger partial charge in [-0.25, -0.2) is 8.42 Å². The zero-order valence-corrected chi connectivity index (χ0v) is 18.5. The van der Waals surface area contributed by atoms with Crippen LogP contribution >= 0.6 is 0 Å². The molecule has 162 valence electrons. The van der Waals surface area contributed by atoms with Crippen molar-refractivity contribution in [3.8, 4) is 6.07 Å². The Kier molecular flexibility index (Phi) is 5.10. The Labute approximate surface area is 183 Å². The molecule has 0 bridgehead atoms. The summed E-state index contributed by atoms with van der Waals surface area (Å²) in [5, 5.41) is 9.00. The minimum absolute atomic E-state index is 0.0809. The van der Waals surface area contributed by atoms with Crippen molar-refractivity contribution in [2.75, 3.05) is 18.8 Å². The SMILES string of the molecule is N#CCC1(CS(=O)(=O)N2CC=C(c3cc(CC(=O)C4CC4)nc4c3C=CC4)CC2)CC1. The maximum Gasteiger partial charge on any atom is 0.214 e. The van der Waals surface area contributed by atoms with E-state index in [2.05, 4.69) is 18.2 Å². The standard InChI is InChI=1S/C24H27N3O3S/c25-11-10-24(8-9-24)16-31(29,30)27-12-6-17(7-13-27)21-14-19(15-23(28)18-4-5-18)26-22-3-1-2-20(21)22/h1-2,6,14,18H,3-5,7-10,12-13,15-16H2. The van der Waals surface area contributed by atoms with Crippen LogP contribution < -0.4 is 0 Å². The van der Waals surface area contributed by atoms with E-state index in [4.69, 9.17) is 10.2 Å². The third kappa shape index (κ3) is 4.24. The summed E-state index contributed by atoms with van der Waals surface area (Å²) in [7, 11) is -3.38. The minimum Gasteiger partial charge on any atom is -0.299 e. The van der Waals surface area contributed by atoms with Gasteiger partial charge in [-0.2, -0.15) is 9.57 Å². The number of aromatic nitrogens is 1. The second-order valence-corrected chi connectivity index (χ2v) is 11.4. The molecule has 5 rings (SSSR count). The smallest absolute Gasteiger partial charge is 0.214 e. The summed E-state index contributed by atoms with van der Waals surface area (Å²) in [6.07, 6.45) is 12.0. The van der Waals surface area contributed by atoms with Crippen molar-refractivity contribution in [3.63, 3.8) is 0 Å². The van der Waals surface area contributed by atoms with Gasteiger partial charge in [-0.3, -0.25) is 9.78 Å². The molecule has 0 unspecified atom stereocenters. The number of nitrogens with zero attached hydrogens (tertiary/aromatic N) is 3. The molecule has 0 radical (unpaired) electrons. The number of hydrogen-bond acceptors (Lipinski definition) is 5. The number of nitriles is 1. The fraction of sp³-hybridized carbons (Fsp3) is 0.542. The van der Waals surface area contributed by atoms with Gasteiger partial charge in [-0.05, 0) is 54.7 Å². The number of carbonyl (C=O) groups excluding carboxylic acids is 1. The van der Waals surface area contributed by atoms with E-state index in [0.29, 0.717) is 32.4 Å². The van der Waals surface area contributed by atoms with Gasteiger partial charge < -0.3 is 0 Å². The molecule has 0 aromatic carbocycles. The highest BCUT2D eigenvalue weighted by atomic mass is 32.2. The summed E-state index contributed by atoms with van der Waals surface area (Å²) < 4.78 is 27.4. The van der Waals surface area contributed by atoms with Crippen molar-refractivity contribution in [1.82, 2.24) is 9.29 Å². The van der Waals surface area contributed by atoms with Crippen molar-refractivity contribution in [2.24, 2.45) is 11.3 Å². The van der Waals surface area contributed by atoms with E-state index < -0.39 is 10.0 Å². The highest BCUT2D eigenvalue weighted by molar-refractivity contribution is 7.89. The van der Waals surface area contributed by atoms with E-state index in [9.17, 15) is 13.2 Å². The number of sulfonamides is 1. The molecular formula is C24H27N3O3S. The van der Waals surface area contributed by atoms with Crippen LogP contribution in [0.25, 0.3) is 11.6 Å². The first-order valence-electron chi connectivity index (χ1n) is 11.2. The first-order chi connectivity index (χ1) is 14.9. The quantitative estimate of drug-likeness (QED) is 0.622. The first-order valence-corrected chi connectivity index (χ1v) is 12.8. The molecule has 7 heteroatoms. The molecule has 0 atom stereocenters. The summed E-state index contributed by atoms with van der Waals surface area (Å²) in [4.78, 5) is 17.1. The van der Waals surface area contributed by atoms with Crippen molar-refractivity contribution >= 4 is 27.5 Å². The van der Waals surface area contributed by atoms with Crippen molar-refractivity contribution in [2.45, 2.75) is 51.4 Å². The van der Waals surface area contributed by atoms with Crippen LogP contribution in [0.1, 0.15) is 61.0 Å². The summed E-state index contributed by atoms with van der Waals surface area (Å²) in [6, 6.07) is 4.19. The van der Waals surface area contributed by atoms with Crippen molar-refractivity contribution < 1.29 is 13.2 Å². The molecule has 3 aliphatic carbocycles. The highest BCUT2D eigenvalue weighted by Gasteiger charge is 2.47. The predicted octanol–water partition coefficient (Wildman–Crippen LogP) is 3.29. The van der Waals surface area contributed by atoms with Gasteiger partial charge in [0.15, 0.2) is 0 Å². The van der Waals surface area contributed by atoms with E-state index in [0.717, 1.165) is 60.2 Å². The maximum atomic E-state index is 12.9. The maximum absolute atomic E-state index is 12.9. The number of rotatable bonds is 8. The van der Waals surface area contributed by atoms with Crippen LogP contribution in [0.3, 0.4) is 0 Å². The largest absolute Gasteiger partial charge is 0.299 e. The van der Waals surface area contributed by atoms with Crippen molar-refractivity contribution in [3.05, 3.63) is 40.7 Å². The zero-order chi connectivity index (χ0) is 21.6. The zero-order valence-electron chi connectivity index (χ0n) is 17.6. The van der Waals surface area contributed by atoms with Crippen LogP contribution in [0.2, 0.25) is 0 Å². The van der Waals surface area contributed by atoms with Gasteiger partial charge in [-0.15, -0.1) is 0 Å². The van der Waals surface area contributed by atoms with E-state index >= 15 is 0 Å². The Hall–Kier alpha value is -2.30. The number of hydrogen-bond donors (Lipinski definition) is 0. The topological polar surface area (TPSA) is 91.1 Å². The van der Waals surface area contributed by atoms with E-state index in [-0.39, 0.29) is 22.9 Å². The Balaban J connectivity index is 1.35.